The zero-order valence-electron chi connectivity index (χ0n) is 31.0. The van der Waals surface area contributed by atoms with Gasteiger partial charge in [-0.25, -0.2) is 0 Å². The molecule has 0 bridgehead atoms. The number of halogens is 3. The van der Waals surface area contributed by atoms with Crippen LogP contribution >= 0.6 is 11.6 Å². The van der Waals surface area contributed by atoms with Crippen molar-refractivity contribution in [2.45, 2.75) is 92.2 Å². The molecule has 6 aromatic carbocycles. The van der Waals surface area contributed by atoms with Gasteiger partial charge in [0.25, 0.3) is 0 Å². The van der Waals surface area contributed by atoms with Gasteiger partial charge in [0.2, 0.25) is 0 Å². The number of hydrogen-bond acceptors (Lipinski definition) is 0. The normalized spacial score (nSPS) is 11.2. The summed E-state index contributed by atoms with van der Waals surface area (Å²) >= 11 is 8.05. The summed E-state index contributed by atoms with van der Waals surface area (Å²) in [5, 5.41) is 5.93. The van der Waals surface area contributed by atoms with Crippen LogP contribution in [-0.2, 0) is 34.2 Å². The van der Waals surface area contributed by atoms with Crippen molar-refractivity contribution < 1.29 is 48.1 Å². The molecule has 0 N–H and O–H groups in total. The minimum Gasteiger partial charge on any atom is -1.00 e. The first-order valence-electron chi connectivity index (χ1n) is 16.7. The summed E-state index contributed by atoms with van der Waals surface area (Å²) in [5.74, 6) is 0.573. The van der Waals surface area contributed by atoms with Crippen molar-refractivity contribution >= 4 is 38.6 Å². The van der Waals surface area contributed by atoms with Gasteiger partial charge in [0.05, 0.1) is 0 Å². The van der Waals surface area contributed by atoms with Gasteiger partial charge in [0.1, 0.15) is 0 Å². The van der Waals surface area contributed by atoms with Gasteiger partial charge >= 0.3 is 41.9 Å². The molecule has 0 aromatic heterocycles. The summed E-state index contributed by atoms with van der Waals surface area (Å²) in [5.41, 5.74) is 11.2. The summed E-state index contributed by atoms with van der Waals surface area (Å²) in [4.78, 5) is 0. The van der Waals surface area contributed by atoms with Crippen LogP contribution in [0.1, 0.15) is 83.6 Å². The first-order valence-corrected chi connectivity index (χ1v) is 23.3. The molecule has 49 heavy (non-hydrogen) atoms. The maximum atomic E-state index is 6.31. The number of benzene rings is 4. The SMILES string of the molecule is CC(C)c1cc2c(-c3ccc(C(C)(C)C)cc3)cccc2[cH-]1.C[Si](C)=[Zr+2].Cc1cc2c(-c3ccc(C(C)(C)C)cc3)ccc(Cl)c2[cH-]1.[Cl-].[Cl-]. The fraction of sp³-hybridized carbons (Fsp3) is 0.318. The zero-order chi connectivity index (χ0) is 34.7. The van der Waals surface area contributed by atoms with Crippen molar-refractivity contribution in [3.8, 4) is 22.3 Å². The molecule has 6 aromatic rings. The Morgan fingerprint density at radius 3 is 1.57 bits per heavy atom. The minimum atomic E-state index is 0. The topological polar surface area (TPSA) is 0 Å². The summed E-state index contributed by atoms with van der Waals surface area (Å²) in [7, 11) is 0. The predicted molar refractivity (Wildman–Crippen MR) is 209 cm³/mol. The third-order valence-corrected chi connectivity index (χ3v) is 8.87. The van der Waals surface area contributed by atoms with Crippen LogP contribution in [0.25, 0.3) is 43.8 Å². The van der Waals surface area contributed by atoms with Crippen molar-refractivity contribution in [2.75, 3.05) is 0 Å². The molecule has 0 atom stereocenters. The van der Waals surface area contributed by atoms with Crippen molar-refractivity contribution in [1.29, 1.82) is 0 Å². The number of fused-ring (bicyclic) bond motifs is 2. The Balaban J connectivity index is 0.000000296. The molecular formula is C44H51Cl3SiZr-2. The molecule has 0 unspecified atom stereocenters. The van der Waals surface area contributed by atoms with Crippen molar-refractivity contribution in [3.05, 3.63) is 130 Å². The molecule has 258 valence electrons. The summed E-state index contributed by atoms with van der Waals surface area (Å²) in [6, 6.07) is 37.7. The second-order valence-electron chi connectivity index (χ2n) is 15.4. The zero-order valence-corrected chi connectivity index (χ0v) is 36.8. The molecule has 0 radical (unpaired) electrons. The standard InChI is InChI=1S/C22H25.C20H20Cl.C2H6Si.2ClH.Zr/c1-15(2)18-13-17-7-6-8-20(21(17)14-18)16-9-11-19(12-10-16)22(3,4)5;1-13-11-17-16(9-10-19(21)18(17)12-13)14-5-7-15(8-6-14)20(2,3)4;1-3-2;;;/h6-15H,1-5H3;5-12H,1-4H3;1-2H3;2*1H;/q2*-1;;;;+2/p-2. The van der Waals surface area contributed by atoms with Crippen LogP contribution in [0.5, 0.6) is 0 Å². The third kappa shape index (κ3) is 11.3. The molecule has 0 heterocycles. The van der Waals surface area contributed by atoms with Gasteiger partial charge in [0, 0.05) is 0 Å². The Morgan fingerprint density at radius 2 is 1.12 bits per heavy atom. The van der Waals surface area contributed by atoms with E-state index in [4.69, 9.17) is 11.6 Å². The van der Waals surface area contributed by atoms with E-state index in [0.717, 1.165) is 10.4 Å². The Labute approximate surface area is 329 Å². The molecule has 0 aliphatic carbocycles. The van der Waals surface area contributed by atoms with Gasteiger partial charge in [-0.3, -0.25) is 0 Å². The summed E-state index contributed by atoms with van der Waals surface area (Å²) in [6.45, 7) is 24.7. The van der Waals surface area contributed by atoms with Crippen LogP contribution in [-0.4, -0.2) is 5.43 Å². The Morgan fingerprint density at radius 1 is 0.653 bits per heavy atom. The molecule has 0 spiro atoms. The Bertz CT molecular complexity index is 1960. The second kappa shape index (κ2) is 18.0. The summed E-state index contributed by atoms with van der Waals surface area (Å²) < 4.78 is 0. The van der Waals surface area contributed by atoms with Gasteiger partial charge < -0.3 is 24.8 Å². The van der Waals surface area contributed by atoms with E-state index >= 15 is 0 Å². The quantitative estimate of drug-likeness (QED) is 0.126. The van der Waals surface area contributed by atoms with Crippen LogP contribution in [0.3, 0.4) is 0 Å². The third-order valence-electron chi connectivity index (χ3n) is 8.54. The maximum absolute atomic E-state index is 6.31. The average Bonchev–Trinajstić information content (AvgIpc) is 3.61. The second-order valence-corrected chi connectivity index (χ2v) is 25.1. The molecule has 0 aliphatic heterocycles. The van der Waals surface area contributed by atoms with Crippen LogP contribution < -0.4 is 24.8 Å². The minimum absolute atomic E-state index is 0. The molecular weight excluding hydrogens is 754 g/mol. The van der Waals surface area contributed by atoms with Gasteiger partial charge in [-0.15, -0.1) is 68.5 Å². The van der Waals surface area contributed by atoms with E-state index in [-0.39, 0.29) is 41.1 Å². The van der Waals surface area contributed by atoms with Crippen LogP contribution in [0.15, 0.2) is 103 Å². The molecule has 6 rings (SSSR count). The number of hydrogen-bond donors (Lipinski definition) is 0. The Kier molecular flexibility index (Phi) is 15.9. The van der Waals surface area contributed by atoms with E-state index in [9.17, 15) is 0 Å². The molecule has 0 aliphatic rings. The van der Waals surface area contributed by atoms with Crippen molar-refractivity contribution in [1.82, 2.24) is 0 Å². The van der Waals surface area contributed by atoms with E-state index in [1.165, 1.54) is 60.7 Å². The van der Waals surface area contributed by atoms with Crippen LogP contribution in [0, 0.1) is 6.92 Å². The summed E-state index contributed by atoms with van der Waals surface area (Å²) in [6.07, 6.45) is 0. The van der Waals surface area contributed by atoms with Crippen LogP contribution in [0.2, 0.25) is 18.1 Å². The first kappa shape index (κ1) is 43.2. The molecule has 0 amide bonds. The van der Waals surface area contributed by atoms with Crippen molar-refractivity contribution in [3.63, 3.8) is 0 Å². The molecule has 0 nitrogen and oxygen atoms in total. The van der Waals surface area contributed by atoms with E-state index < -0.39 is 0 Å². The van der Waals surface area contributed by atoms with Crippen molar-refractivity contribution in [2.24, 2.45) is 0 Å². The maximum Gasteiger partial charge on any atom is -0.0132 e. The largest absolute Gasteiger partial charge is 1.00 e. The fourth-order valence-corrected chi connectivity index (χ4v) is 6.02. The van der Waals surface area contributed by atoms with Gasteiger partial charge in [0.15, 0.2) is 0 Å². The first-order chi connectivity index (χ1) is 22.0. The molecule has 0 fully saturated rings. The monoisotopic (exact) mass is 802 g/mol. The number of aryl methyl sites for hydroxylation is 1. The Hall–Kier alpha value is -1.93. The molecule has 0 saturated carbocycles. The smallest absolute Gasteiger partial charge is 0.0132 e. The fourth-order valence-electron chi connectivity index (χ4n) is 5.80. The average molecular weight is 806 g/mol. The van der Waals surface area contributed by atoms with E-state index in [1.54, 1.807) is 23.3 Å². The predicted octanol–water partition coefficient (Wildman–Crippen LogP) is 7.92. The van der Waals surface area contributed by atoms with E-state index in [2.05, 4.69) is 172 Å². The van der Waals surface area contributed by atoms with E-state index in [0.29, 0.717) is 5.92 Å². The molecule has 5 heteroatoms. The molecule has 0 saturated heterocycles. The van der Waals surface area contributed by atoms with Gasteiger partial charge in [-0.2, -0.15) is 12.1 Å². The van der Waals surface area contributed by atoms with Gasteiger partial charge in [-0.1, -0.05) is 140 Å². The van der Waals surface area contributed by atoms with E-state index in [1.807, 2.05) is 6.07 Å². The van der Waals surface area contributed by atoms with Crippen LogP contribution in [0.4, 0.5) is 0 Å². The number of rotatable bonds is 3. The van der Waals surface area contributed by atoms with Gasteiger partial charge in [-0.05, 0) is 44.0 Å².